The number of morpholine rings is 1. The van der Waals surface area contributed by atoms with Gasteiger partial charge in [0, 0.05) is 19.5 Å². The Balaban J connectivity index is 1.59. The minimum absolute atomic E-state index is 0.0988. The Morgan fingerprint density at radius 3 is 2.48 bits per heavy atom. The molecule has 7 nitrogen and oxygen atoms in total. The van der Waals surface area contributed by atoms with Crippen LogP contribution < -0.4 is 0 Å². The number of aromatic nitrogens is 2. The highest BCUT2D eigenvalue weighted by molar-refractivity contribution is 7.89. The highest BCUT2D eigenvalue weighted by Crippen LogP contribution is 2.24. The minimum atomic E-state index is -3.63. The number of benzene rings is 2. The molecule has 1 saturated heterocycles. The molecule has 1 aromatic heterocycles. The van der Waals surface area contributed by atoms with Gasteiger partial charge in [-0.15, -0.1) is 0 Å². The maximum absolute atomic E-state index is 13.1. The van der Waals surface area contributed by atoms with Crippen molar-refractivity contribution in [3.8, 4) is 5.69 Å². The fourth-order valence-corrected chi connectivity index (χ4v) is 5.44. The lowest BCUT2D eigenvalue weighted by Crippen LogP contribution is -2.40. The Hall–Kier alpha value is -2.81. The highest BCUT2D eigenvalue weighted by Gasteiger charge is 2.28. The topological polar surface area (TPSA) is 81.5 Å². The summed E-state index contributed by atoms with van der Waals surface area (Å²) in [5, 5.41) is 4.36. The van der Waals surface area contributed by atoms with Crippen molar-refractivity contribution in [3.63, 3.8) is 0 Å². The first-order valence-electron chi connectivity index (χ1n) is 10.2. The van der Waals surface area contributed by atoms with Gasteiger partial charge in [0.05, 0.1) is 41.3 Å². The molecule has 2 heterocycles. The van der Waals surface area contributed by atoms with Crippen molar-refractivity contribution in [1.82, 2.24) is 14.1 Å². The summed E-state index contributed by atoms with van der Waals surface area (Å²) >= 11 is 0. The van der Waals surface area contributed by atoms with Gasteiger partial charge < -0.3 is 4.74 Å². The fraction of sp³-hybridized carbons (Fsp3) is 0.304. The third-order valence-electron chi connectivity index (χ3n) is 5.52. The number of para-hydroxylation sites is 1. The van der Waals surface area contributed by atoms with Gasteiger partial charge in [-0.05, 0) is 43.2 Å². The van der Waals surface area contributed by atoms with Crippen LogP contribution in [0.1, 0.15) is 27.2 Å². The molecule has 162 valence electrons. The number of carbonyl (C=O) groups excluding carboxylic acids is 1. The number of hydrogen-bond donors (Lipinski definition) is 0. The molecule has 3 aromatic rings. The standard InChI is InChI=1S/C23H25N3O4S/c1-17-8-9-19(15-23(17)31(28,29)25-10-12-30-13-11-25)14-22(27)21-16-24-26(18(21)2)20-6-4-3-5-7-20/h3-9,15-16H,10-14H2,1-2H3. The van der Waals surface area contributed by atoms with Crippen LogP contribution in [-0.4, -0.2) is 54.6 Å². The van der Waals surface area contributed by atoms with Crippen molar-refractivity contribution < 1.29 is 17.9 Å². The second-order valence-electron chi connectivity index (χ2n) is 7.61. The quantitative estimate of drug-likeness (QED) is 0.552. The molecular formula is C23H25N3O4S. The second kappa shape index (κ2) is 8.74. The van der Waals surface area contributed by atoms with Crippen LogP contribution in [0, 0.1) is 13.8 Å². The van der Waals surface area contributed by atoms with E-state index in [-0.39, 0.29) is 17.1 Å². The van der Waals surface area contributed by atoms with Gasteiger partial charge in [0.1, 0.15) is 0 Å². The van der Waals surface area contributed by atoms with Crippen molar-refractivity contribution in [2.24, 2.45) is 0 Å². The molecule has 4 rings (SSSR count). The number of carbonyl (C=O) groups is 1. The third-order valence-corrected chi connectivity index (χ3v) is 7.56. The van der Waals surface area contributed by atoms with Gasteiger partial charge in [0.15, 0.2) is 5.78 Å². The molecule has 0 amide bonds. The number of rotatable bonds is 6. The normalized spacial score (nSPS) is 15.2. The molecule has 0 N–H and O–H groups in total. The molecule has 0 atom stereocenters. The van der Waals surface area contributed by atoms with Crippen LogP contribution in [-0.2, 0) is 21.2 Å². The van der Waals surface area contributed by atoms with Crippen LogP contribution in [0.2, 0.25) is 0 Å². The Kier molecular flexibility index (Phi) is 6.04. The lowest BCUT2D eigenvalue weighted by molar-refractivity contribution is 0.0730. The summed E-state index contributed by atoms with van der Waals surface area (Å²) in [6.07, 6.45) is 1.68. The van der Waals surface area contributed by atoms with Crippen molar-refractivity contribution in [1.29, 1.82) is 0 Å². The largest absolute Gasteiger partial charge is 0.379 e. The van der Waals surface area contributed by atoms with E-state index in [0.29, 0.717) is 43.0 Å². The summed E-state index contributed by atoms with van der Waals surface area (Å²) < 4.78 is 34.7. The van der Waals surface area contributed by atoms with Gasteiger partial charge in [-0.2, -0.15) is 9.40 Å². The van der Waals surface area contributed by atoms with Gasteiger partial charge in [-0.25, -0.2) is 13.1 Å². The van der Waals surface area contributed by atoms with Crippen LogP contribution in [0.25, 0.3) is 5.69 Å². The summed E-state index contributed by atoms with van der Waals surface area (Å²) in [5.41, 5.74) is 3.49. The fourth-order valence-electron chi connectivity index (χ4n) is 3.75. The summed E-state index contributed by atoms with van der Waals surface area (Å²) in [6, 6.07) is 14.8. The van der Waals surface area contributed by atoms with E-state index in [1.165, 1.54) is 4.31 Å². The molecule has 0 unspecified atom stereocenters. The average molecular weight is 440 g/mol. The summed E-state index contributed by atoms with van der Waals surface area (Å²) in [5.74, 6) is -0.0988. The van der Waals surface area contributed by atoms with Crippen LogP contribution in [0.5, 0.6) is 0 Å². The number of nitrogens with zero attached hydrogens (tertiary/aromatic N) is 3. The lowest BCUT2D eigenvalue weighted by Gasteiger charge is -2.26. The minimum Gasteiger partial charge on any atom is -0.379 e. The van der Waals surface area contributed by atoms with Gasteiger partial charge in [-0.1, -0.05) is 30.3 Å². The Morgan fingerprint density at radius 2 is 1.77 bits per heavy atom. The molecule has 1 aliphatic heterocycles. The SMILES string of the molecule is Cc1ccc(CC(=O)c2cnn(-c3ccccc3)c2C)cc1S(=O)(=O)N1CCOCC1. The number of ether oxygens (including phenoxy) is 1. The molecule has 0 bridgehead atoms. The molecule has 1 aliphatic rings. The van der Waals surface area contributed by atoms with E-state index in [1.807, 2.05) is 43.3 Å². The number of sulfonamides is 1. The van der Waals surface area contributed by atoms with Crippen LogP contribution in [0.4, 0.5) is 0 Å². The maximum atomic E-state index is 13.1. The number of hydrogen-bond acceptors (Lipinski definition) is 5. The zero-order valence-electron chi connectivity index (χ0n) is 17.6. The van der Waals surface area contributed by atoms with Crippen LogP contribution >= 0.6 is 0 Å². The molecular weight excluding hydrogens is 414 g/mol. The van der Waals surface area contributed by atoms with E-state index in [9.17, 15) is 13.2 Å². The summed E-state index contributed by atoms with van der Waals surface area (Å²) in [4.78, 5) is 13.2. The number of Topliss-reactive ketones (excluding diaryl/α,β-unsaturated/α-hetero) is 1. The van der Waals surface area contributed by atoms with Crippen LogP contribution in [0.3, 0.4) is 0 Å². The van der Waals surface area contributed by atoms with Gasteiger partial charge in [0.25, 0.3) is 0 Å². The monoisotopic (exact) mass is 439 g/mol. The van der Waals surface area contributed by atoms with E-state index >= 15 is 0 Å². The zero-order chi connectivity index (χ0) is 22.0. The predicted octanol–water partition coefficient (Wildman–Crippen LogP) is 2.94. The van der Waals surface area contributed by atoms with E-state index in [4.69, 9.17) is 4.74 Å². The maximum Gasteiger partial charge on any atom is 0.243 e. The zero-order valence-corrected chi connectivity index (χ0v) is 18.4. The third kappa shape index (κ3) is 4.32. The highest BCUT2D eigenvalue weighted by atomic mass is 32.2. The lowest BCUT2D eigenvalue weighted by atomic mass is 10.0. The smallest absolute Gasteiger partial charge is 0.243 e. The molecule has 31 heavy (non-hydrogen) atoms. The average Bonchev–Trinajstić information content (AvgIpc) is 3.17. The molecule has 0 aliphatic carbocycles. The Labute approximate surface area is 182 Å². The van der Waals surface area contributed by atoms with E-state index in [0.717, 1.165) is 11.4 Å². The van der Waals surface area contributed by atoms with E-state index < -0.39 is 10.0 Å². The second-order valence-corrected chi connectivity index (χ2v) is 9.51. The molecule has 0 saturated carbocycles. The first-order chi connectivity index (χ1) is 14.9. The van der Waals surface area contributed by atoms with Gasteiger partial charge in [0.2, 0.25) is 10.0 Å². The van der Waals surface area contributed by atoms with Crippen molar-refractivity contribution in [2.75, 3.05) is 26.3 Å². The first kappa shape index (κ1) is 21.4. The van der Waals surface area contributed by atoms with Gasteiger partial charge >= 0.3 is 0 Å². The Morgan fingerprint density at radius 1 is 1.06 bits per heavy atom. The molecule has 2 aromatic carbocycles. The molecule has 1 fully saturated rings. The molecule has 0 spiro atoms. The Bertz CT molecular complexity index is 1200. The molecule has 0 radical (unpaired) electrons. The number of aryl methyl sites for hydroxylation is 1. The van der Waals surface area contributed by atoms with Crippen molar-refractivity contribution in [3.05, 3.63) is 77.1 Å². The van der Waals surface area contributed by atoms with E-state index in [2.05, 4.69) is 5.10 Å². The van der Waals surface area contributed by atoms with Gasteiger partial charge in [-0.3, -0.25) is 4.79 Å². The first-order valence-corrected chi connectivity index (χ1v) is 11.6. The summed E-state index contributed by atoms with van der Waals surface area (Å²) in [7, 11) is -3.63. The van der Waals surface area contributed by atoms with E-state index in [1.54, 1.807) is 29.9 Å². The summed E-state index contributed by atoms with van der Waals surface area (Å²) in [6.45, 7) is 5.08. The number of ketones is 1. The predicted molar refractivity (Wildman–Crippen MR) is 117 cm³/mol. The van der Waals surface area contributed by atoms with Crippen molar-refractivity contribution in [2.45, 2.75) is 25.2 Å². The van der Waals surface area contributed by atoms with Crippen LogP contribution in [0.15, 0.2) is 59.6 Å². The van der Waals surface area contributed by atoms with Crippen molar-refractivity contribution >= 4 is 15.8 Å². The molecule has 8 heteroatoms.